The largest absolute Gasteiger partial charge is 0.394 e. The third-order valence-corrected chi connectivity index (χ3v) is 3.89. The third kappa shape index (κ3) is 2.50. The van der Waals surface area contributed by atoms with Crippen LogP contribution in [0.4, 0.5) is 10.2 Å². The number of aliphatic hydroxyl groups is 2. The summed E-state index contributed by atoms with van der Waals surface area (Å²) in [6.07, 6.45) is 0.378. The Bertz CT molecular complexity index is 774. The minimum Gasteiger partial charge on any atom is -0.394 e. The van der Waals surface area contributed by atoms with Gasteiger partial charge in [0.2, 0.25) is 0 Å². The third-order valence-electron chi connectivity index (χ3n) is 3.89. The monoisotopic (exact) mass is 325 g/mol. The molecule has 0 radical (unpaired) electrons. The van der Waals surface area contributed by atoms with Crippen LogP contribution in [0.1, 0.15) is 13.2 Å². The van der Waals surface area contributed by atoms with Crippen molar-refractivity contribution >= 4 is 5.82 Å². The quantitative estimate of drug-likeness (QED) is 0.579. The number of halogens is 1. The van der Waals surface area contributed by atoms with Gasteiger partial charge in [-0.05, 0) is 6.92 Å². The van der Waals surface area contributed by atoms with E-state index in [0.717, 1.165) is 0 Å². The number of anilines is 1. The van der Waals surface area contributed by atoms with E-state index >= 15 is 0 Å². The van der Waals surface area contributed by atoms with Gasteiger partial charge in [0.1, 0.15) is 18.0 Å². The molecule has 0 bridgehead atoms. The predicted molar refractivity (Wildman–Crippen MR) is 77.0 cm³/mol. The minimum absolute atomic E-state index is 0.0823. The highest BCUT2D eigenvalue weighted by Gasteiger charge is 2.54. The summed E-state index contributed by atoms with van der Waals surface area (Å²) < 4.78 is 21.4. The van der Waals surface area contributed by atoms with Gasteiger partial charge in [-0.2, -0.15) is 0 Å². The van der Waals surface area contributed by atoms with Crippen molar-refractivity contribution in [1.82, 2.24) is 19.5 Å². The maximum absolute atomic E-state index is 14.7. The van der Waals surface area contributed by atoms with E-state index in [0.29, 0.717) is 11.3 Å². The van der Waals surface area contributed by atoms with Crippen LogP contribution in [0, 0.1) is 0 Å². The Morgan fingerprint density at radius 2 is 2.30 bits per heavy atom. The summed E-state index contributed by atoms with van der Waals surface area (Å²) in [7, 11) is 0. The molecule has 0 aromatic carbocycles. The van der Waals surface area contributed by atoms with Crippen molar-refractivity contribution in [2.45, 2.75) is 31.0 Å². The molecule has 0 saturated carbocycles. The highest BCUT2D eigenvalue weighted by molar-refractivity contribution is 5.68. The Balaban J connectivity index is 1.95. The fourth-order valence-corrected chi connectivity index (χ4v) is 2.60. The van der Waals surface area contributed by atoms with Gasteiger partial charge < -0.3 is 25.3 Å². The number of nitrogens with two attached hydrogens (primary N) is 1. The maximum atomic E-state index is 14.7. The van der Waals surface area contributed by atoms with Crippen LogP contribution in [-0.2, 0) is 4.74 Å². The summed E-state index contributed by atoms with van der Waals surface area (Å²) in [5, 5.41) is 19.0. The molecule has 2 aromatic rings. The Morgan fingerprint density at radius 1 is 1.57 bits per heavy atom. The van der Waals surface area contributed by atoms with Gasteiger partial charge >= 0.3 is 5.69 Å². The number of imidazole rings is 1. The number of aromatic nitrogens is 4. The summed E-state index contributed by atoms with van der Waals surface area (Å²) in [6.45, 7) is 0.684. The molecule has 9 nitrogen and oxygen atoms in total. The van der Waals surface area contributed by atoms with Crippen molar-refractivity contribution in [3.8, 4) is 11.3 Å². The van der Waals surface area contributed by atoms with Gasteiger partial charge in [-0.3, -0.25) is 4.98 Å². The van der Waals surface area contributed by atoms with Crippen molar-refractivity contribution in [3.63, 3.8) is 0 Å². The van der Waals surface area contributed by atoms with Crippen LogP contribution in [0.25, 0.3) is 11.3 Å². The number of nitrogens with one attached hydrogen (secondary N) is 1. The first kappa shape index (κ1) is 15.6. The van der Waals surface area contributed by atoms with Crippen molar-refractivity contribution in [3.05, 3.63) is 29.2 Å². The second-order valence-electron chi connectivity index (χ2n) is 5.53. The molecule has 2 aromatic heterocycles. The van der Waals surface area contributed by atoms with E-state index < -0.39 is 36.4 Å². The lowest BCUT2D eigenvalue weighted by Crippen LogP contribution is -2.40. The zero-order valence-corrected chi connectivity index (χ0v) is 12.2. The Labute approximate surface area is 129 Å². The first-order valence-corrected chi connectivity index (χ1v) is 6.86. The van der Waals surface area contributed by atoms with Crippen LogP contribution in [0.5, 0.6) is 0 Å². The highest BCUT2D eigenvalue weighted by atomic mass is 19.1. The Morgan fingerprint density at radius 3 is 2.91 bits per heavy atom. The summed E-state index contributed by atoms with van der Waals surface area (Å²) in [6, 6.07) is 0. The molecule has 3 heterocycles. The Hall–Kier alpha value is -2.30. The lowest BCUT2D eigenvalue weighted by atomic mass is 9.99. The minimum atomic E-state index is -2.11. The summed E-state index contributed by atoms with van der Waals surface area (Å²) in [5.74, 6) is 0.0823. The summed E-state index contributed by atoms with van der Waals surface area (Å²) in [4.78, 5) is 21.1. The van der Waals surface area contributed by atoms with Crippen LogP contribution in [0.15, 0.2) is 23.5 Å². The molecule has 5 N–H and O–H groups in total. The van der Waals surface area contributed by atoms with Crippen molar-refractivity contribution < 1.29 is 19.3 Å². The first-order valence-electron chi connectivity index (χ1n) is 6.86. The SMILES string of the molecule is C[C@@]1(F)[C@H](O)[C@@H](CO)O[C@H]1n1cnc(-c2cnc(=O)[nH]c2N)c1. The number of nitrogens with zero attached hydrogens (tertiary/aromatic N) is 3. The molecule has 0 aliphatic carbocycles. The normalized spacial score (nSPS) is 30.7. The van der Waals surface area contributed by atoms with E-state index in [1.54, 1.807) is 0 Å². The Kier molecular flexibility index (Phi) is 3.66. The smallest absolute Gasteiger partial charge is 0.346 e. The van der Waals surface area contributed by atoms with Gasteiger partial charge in [0.25, 0.3) is 0 Å². The number of aromatic amines is 1. The number of aliphatic hydroxyl groups excluding tert-OH is 2. The average Bonchev–Trinajstić information content (AvgIpc) is 3.04. The molecule has 1 aliphatic rings. The lowest BCUT2D eigenvalue weighted by molar-refractivity contribution is -0.0586. The summed E-state index contributed by atoms with van der Waals surface area (Å²) in [5.41, 5.74) is 3.74. The highest BCUT2D eigenvalue weighted by Crippen LogP contribution is 2.41. The maximum Gasteiger partial charge on any atom is 0.346 e. The fourth-order valence-electron chi connectivity index (χ4n) is 2.60. The number of nitrogen functional groups attached to an aromatic ring is 1. The van der Waals surface area contributed by atoms with E-state index in [1.807, 2.05) is 0 Å². The average molecular weight is 325 g/mol. The molecular weight excluding hydrogens is 309 g/mol. The molecule has 3 rings (SSSR count). The topological polar surface area (TPSA) is 139 Å². The van der Waals surface area contributed by atoms with E-state index in [1.165, 1.54) is 30.2 Å². The van der Waals surface area contributed by atoms with Crippen LogP contribution in [0.2, 0.25) is 0 Å². The molecule has 1 aliphatic heterocycles. The predicted octanol–water partition coefficient (Wildman–Crippen LogP) is -0.806. The number of alkyl halides is 1. The zero-order valence-electron chi connectivity index (χ0n) is 12.2. The van der Waals surface area contributed by atoms with Crippen LogP contribution >= 0.6 is 0 Å². The van der Waals surface area contributed by atoms with Crippen LogP contribution in [0.3, 0.4) is 0 Å². The van der Waals surface area contributed by atoms with Crippen LogP contribution in [-0.4, -0.2) is 54.2 Å². The number of ether oxygens (including phenoxy) is 1. The van der Waals surface area contributed by atoms with Crippen molar-refractivity contribution in [1.29, 1.82) is 0 Å². The number of H-pyrrole nitrogens is 1. The van der Waals surface area contributed by atoms with Gasteiger partial charge in [-0.1, -0.05) is 0 Å². The standard InChI is InChI=1S/C13H16FN5O4/c1-13(14)9(21)8(4-20)23-11(13)19-3-7(17-5-19)6-2-16-12(22)18-10(6)15/h2-3,5,8-9,11,20-21H,4H2,1H3,(H3,15,16,18,22)/t8-,9-,11-,13-/m1/s1. The zero-order chi connectivity index (χ0) is 16.8. The van der Waals surface area contributed by atoms with Crippen molar-refractivity contribution in [2.24, 2.45) is 0 Å². The first-order chi connectivity index (χ1) is 10.8. The number of hydrogen-bond acceptors (Lipinski definition) is 7. The second-order valence-corrected chi connectivity index (χ2v) is 5.53. The molecule has 124 valence electrons. The number of hydrogen-bond donors (Lipinski definition) is 4. The van der Waals surface area contributed by atoms with E-state index in [4.69, 9.17) is 15.6 Å². The molecular formula is C13H16FN5O4. The van der Waals surface area contributed by atoms with Crippen LogP contribution < -0.4 is 11.4 Å². The fraction of sp³-hybridized carbons (Fsp3) is 0.462. The molecule has 0 unspecified atom stereocenters. The molecule has 0 spiro atoms. The summed E-state index contributed by atoms with van der Waals surface area (Å²) >= 11 is 0. The number of rotatable bonds is 3. The molecule has 4 atom stereocenters. The lowest BCUT2D eigenvalue weighted by Gasteiger charge is -2.24. The molecule has 23 heavy (non-hydrogen) atoms. The van der Waals surface area contributed by atoms with Gasteiger partial charge in [0.05, 0.1) is 24.2 Å². The van der Waals surface area contributed by atoms with Gasteiger partial charge in [0.15, 0.2) is 11.9 Å². The van der Waals surface area contributed by atoms with Gasteiger partial charge in [-0.25, -0.2) is 19.2 Å². The van der Waals surface area contributed by atoms with E-state index in [9.17, 15) is 14.3 Å². The molecule has 1 fully saturated rings. The molecule has 1 saturated heterocycles. The van der Waals surface area contributed by atoms with Gasteiger partial charge in [-0.15, -0.1) is 0 Å². The van der Waals surface area contributed by atoms with E-state index in [-0.39, 0.29) is 5.82 Å². The van der Waals surface area contributed by atoms with Gasteiger partial charge in [0, 0.05) is 12.4 Å². The second kappa shape index (κ2) is 5.41. The molecule has 10 heteroatoms. The van der Waals surface area contributed by atoms with Crippen molar-refractivity contribution in [2.75, 3.05) is 12.3 Å². The van der Waals surface area contributed by atoms with E-state index in [2.05, 4.69) is 15.0 Å². The molecule has 0 amide bonds.